The number of rotatable bonds is 7. The van der Waals surface area contributed by atoms with Crippen LogP contribution in [0, 0.1) is 0 Å². The molecule has 3 rings (SSSR count). The van der Waals surface area contributed by atoms with Gasteiger partial charge in [-0.3, -0.25) is 4.79 Å². The van der Waals surface area contributed by atoms with E-state index in [1.165, 1.54) is 0 Å². The van der Waals surface area contributed by atoms with Crippen LogP contribution in [-0.4, -0.2) is 34.0 Å². The number of benzene rings is 1. The van der Waals surface area contributed by atoms with Crippen molar-refractivity contribution in [3.05, 3.63) is 35.2 Å². The Morgan fingerprint density at radius 2 is 2.19 bits per heavy atom. The maximum absolute atomic E-state index is 12.7. The predicted octanol–water partition coefficient (Wildman–Crippen LogP) is 3.96. The Morgan fingerprint density at radius 1 is 1.31 bits per heavy atom. The van der Waals surface area contributed by atoms with Crippen LogP contribution in [0.3, 0.4) is 0 Å². The van der Waals surface area contributed by atoms with Crippen LogP contribution in [0.25, 0.3) is 11.4 Å². The van der Waals surface area contributed by atoms with E-state index >= 15 is 0 Å². The van der Waals surface area contributed by atoms with E-state index < -0.39 is 0 Å². The average Bonchev–Trinajstić information content (AvgIpc) is 3.15. The summed E-state index contributed by atoms with van der Waals surface area (Å²) >= 11 is 6.04. The van der Waals surface area contributed by atoms with Crippen molar-refractivity contribution in [1.82, 2.24) is 15.0 Å². The van der Waals surface area contributed by atoms with Crippen molar-refractivity contribution >= 4 is 17.5 Å². The molecule has 0 saturated carbocycles. The predicted molar refractivity (Wildman–Crippen MR) is 101 cm³/mol. The third-order valence-electron chi connectivity index (χ3n) is 4.73. The Kier molecular flexibility index (Phi) is 6.63. The molecule has 1 aromatic carbocycles. The third-order valence-corrected chi connectivity index (χ3v) is 4.96. The summed E-state index contributed by atoms with van der Waals surface area (Å²) in [7, 11) is 0. The minimum absolute atomic E-state index is 0.133. The fourth-order valence-corrected chi connectivity index (χ4v) is 3.53. The molecule has 0 spiro atoms. The van der Waals surface area contributed by atoms with E-state index in [4.69, 9.17) is 21.9 Å². The third kappa shape index (κ3) is 4.62. The van der Waals surface area contributed by atoms with Crippen molar-refractivity contribution in [2.24, 2.45) is 5.73 Å². The number of aromatic nitrogens is 2. The number of nitrogens with two attached hydrogens (primary N) is 1. The number of carbonyl (C=O) groups excluding carboxylic acids is 1. The van der Waals surface area contributed by atoms with E-state index in [1.807, 2.05) is 17.0 Å². The Balaban J connectivity index is 1.71. The second kappa shape index (κ2) is 9.14. The molecule has 7 heteroatoms. The first kappa shape index (κ1) is 18.9. The second-order valence-electron chi connectivity index (χ2n) is 6.66. The van der Waals surface area contributed by atoms with Crippen LogP contribution in [0.4, 0.5) is 0 Å². The van der Waals surface area contributed by atoms with E-state index in [0.717, 1.165) is 50.6 Å². The molecule has 1 saturated heterocycles. The Morgan fingerprint density at radius 3 is 3.00 bits per heavy atom. The monoisotopic (exact) mass is 376 g/mol. The van der Waals surface area contributed by atoms with E-state index in [9.17, 15) is 4.79 Å². The fraction of sp³-hybridized carbons (Fsp3) is 0.526. The topological polar surface area (TPSA) is 85.3 Å². The molecule has 2 N–H and O–H groups in total. The van der Waals surface area contributed by atoms with Gasteiger partial charge in [0.25, 0.3) is 0 Å². The van der Waals surface area contributed by atoms with Crippen LogP contribution in [0.15, 0.2) is 28.8 Å². The van der Waals surface area contributed by atoms with E-state index in [1.54, 1.807) is 12.1 Å². The van der Waals surface area contributed by atoms with Gasteiger partial charge in [0, 0.05) is 23.6 Å². The average molecular weight is 377 g/mol. The van der Waals surface area contributed by atoms with Gasteiger partial charge in [-0.2, -0.15) is 4.98 Å². The van der Waals surface area contributed by atoms with Crippen LogP contribution in [0.5, 0.6) is 0 Å². The molecule has 6 nitrogen and oxygen atoms in total. The maximum atomic E-state index is 12.7. The number of unbranched alkanes of at least 4 members (excludes halogenated alkanes) is 2. The highest BCUT2D eigenvalue weighted by molar-refractivity contribution is 6.30. The van der Waals surface area contributed by atoms with Crippen LogP contribution in [-0.2, 0) is 4.79 Å². The van der Waals surface area contributed by atoms with E-state index in [0.29, 0.717) is 29.7 Å². The number of carbonyl (C=O) groups is 1. The Hall–Kier alpha value is -1.92. The summed E-state index contributed by atoms with van der Waals surface area (Å²) in [5, 5.41) is 4.71. The Bertz CT molecular complexity index is 734. The van der Waals surface area contributed by atoms with Crippen LogP contribution >= 0.6 is 11.6 Å². The van der Waals surface area contributed by atoms with Crippen molar-refractivity contribution in [1.29, 1.82) is 0 Å². The maximum Gasteiger partial charge on any atom is 0.249 e. The van der Waals surface area contributed by atoms with Crippen molar-refractivity contribution in [3.8, 4) is 11.4 Å². The summed E-state index contributed by atoms with van der Waals surface area (Å²) in [5.74, 6) is 1.17. The highest BCUT2D eigenvalue weighted by Gasteiger charge is 2.31. The summed E-state index contributed by atoms with van der Waals surface area (Å²) < 4.78 is 5.51. The van der Waals surface area contributed by atoms with Crippen LogP contribution in [0.2, 0.25) is 5.02 Å². The second-order valence-corrected chi connectivity index (χ2v) is 7.10. The van der Waals surface area contributed by atoms with Crippen molar-refractivity contribution in [2.45, 2.75) is 51.0 Å². The highest BCUT2D eigenvalue weighted by atomic mass is 35.5. The summed E-state index contributed by atoms with van der Waals surface area (Å²) in [4.78, 5) is 19.1. The molecule has 1 unspecified atom stereocenters. The lowest BCUT2D eigenvalue weighted by atomic mass is 10.0. The number of hydrogen-bond acceptors (Lipinski definition) is 5. The molecule has 1 aliphatic heterocycles. The number of halogens is 1. The minimum atomic E-state index is -0.133. The van der Waals surface area contributed by atoms with E-state index in [-0.39, 0.29) is 11.9 Å². The zero-order chi connectivity index (χ0) is 18.4. The molecular weight excluding hydrogens is 352 g/mol. The smallest absolute Gasteiger partial charge is 0.249 e. The van der Waals surface area contributed by atoms with Gasteiger partial charge in [-0.1, -0.05) is 35.3 Å². The zero-order valence-electron chi connectivity index (χ0n) is 14.9. The molecule has 0 radical (unpaired) electrons. The van der Waals surface area contributed by atoms with Gasteiger partial charge >= 0.3 is 0 Å². The van der Waals surface area contributed by atoms with Gasteiger partial charge in [0.2, 0.25) is 17.6 Å². The van der Waals surface area contributed by atoms with Gasteiger partial charge in [-0.05, 0) is 50.8 Å². The quantitative estimate of drug-likeness (QED) is 0.739. The molecule has 2 heterocycles. The van der Waals surface area contributed by atoms with Gasteiger partial charge in [-0.25, -0.2) is 0 Å². The molecule has 1 atom stereocenters. The molecule has 26 heavy (non-hydrogen) atoms. The minimum Gasteiger partial charge on any atom is -0.337 e. The summed E-state index contributed by atoms with van der Waals surface area (Å²) in [6, 6.07) is 7.22. The SMILES string of the molecule is NCCCCCC(=O)N1CCCCC1c1nc(-c2cccc(Cl)c2)no1. The molecule has 1 amide bonds. The molecular formula is C19H25ClN4O2. The van der Waals surface area contributed by atoms with Crippen LogP contribution in [0.1, 0.15) is 56.9 Å². The molecule has 1 fully saturated rings. The number of likely N-dealkylation sites (tertiary alicyclic amines) is 1. The molecule has 1 aromatic heterocycles. The first-order valence-electron chi connectivity index (χ1n) is 9.28. The first-order chi connectivity index (χ1) is 12.7. The fourth-order valence-electron chi connectivity index (χ4n) is 3.34. The highest BCUT2D eigenvalue weighted by Crippen LogP contribution is 2.32. The number of hydrogen-bond donors (Lipinski definition) is 1. The first-order valence-corrected chi connectivity index (χ1v) is 9.66. The molecule has 1 aliphatic rings. The number of nitrogens with zero attached hydrogens (tertiary/aromatic N) is 3. The number of amides is 1. The standard InChI is InChI=1S/C19H25ClN4O2/c20-15-8-6-7-14(13-15)18-22-19(26-23-18)16-9-3-5-12-24(16)17(25)10-2-1-4-11-21/h6-8,13,16H,1-5,9-12,21H2. The molecule has 0 bridgehead atoms. The van der Waals surface area contributed by atoms with Gasteiger partial charge in [0.15, 0.2) is 0 Å². The lowest BCUT2D eigenvalue weighted by Gasteiger charge is -2.33. The van der Waals surface area contributed by atoms with Crippen molar-refractivity contribution in [2.75, 3.05) is 13.1 Å². The largest absolute Gasteiger partial charge is 0.337 e. The number of piperidine rings is 1. The lowest BCUT2D eigenvalue weighted by Crippen LogP contribution is -2.38. The normalized spacial score (nSPS) is 17.5. The van der Waals surface area contributed by atoms with Gasteiger partial charge < -0.3 is 15.2 Å². The lowest BCUT2D eigenvalue weighted by molar-refractivity contribution is -0.135. The zero-order valence-corrected chi connectivity index (χ0v) is 15.6. The molecule has 2 aromatic rings. The summed E-state index contributed by atoms with van der Waals surface area (Å²) in [6.45, 7) is 1.42. The molecule has 0 aliphatic carbocycles. The van der Waals surface area contributed by atoms with Crippen molar-refractivity contribution < 1.29 is 9.32 Å². The van der Waals surface area contributed by atoms with Gasteiger partial charge in [-0.15, -0.1) is 0 Å². The van der Waals surface area contributed by atoms with Gasteiger partial charge in [0.05, 0.1) is 0 Å². The summed E-state index contributed by atoms with van der Waals surface area (Å²) in [5.41, 5.74) is 6.32. The molecule has 140 valence electrons. The van der Waals surface area contributed by atoms with Crippen LogP contribution < -0.4 is 5.73 Å². The van der Waals surface area contributed by atoms with E-state index in [2.05, 4.69) is 10.1 Å². The van der Waals surface area contributed by atoms with Gasteiger partial charge in [0.1, 0.15) is 6.04 Å². The Labute approximate surface area is 158 Å². The summed E-state index contributed by atoms with van der Waals surface area (Å²) in [6.07, 6.45) is 6.29. The van der Waals surface area contributed by atoms with Crippen molar-refractivity contribution in [3.63, 3.8) is 0 Å².